The number of methoxy groups -OCH3 is 1. The van der Waals surface area contributed by atoms with E-state index in [1.807, 2.05) is 6.07 Å². The van der Waals surface area contributed by atoms with Crippen molar-refractivity contribution < 1.29 is 9.47 Å². The Morgan fingerprint density at radius 1 is 1.55 bits per heavy atom. The second kappa shape index (κ2) is 6.83. The fraction of sp³-hybridized carbons (Fsp3) is 0.692. The SMILES string of the molecule is CCC1COC(C)CN1c1cc(NN)nc(COC)n1. The quantitative estimate of drug-likeness (QED) is 0.613. The first kappa shape index (κ1) is 15.0. The molecule has 3 N–H and O–H groups in total. The number of aromatic nitrogens is 2. The fourth-order valence-electron chi connectivity index (χ4n) is 2.36. The maximum atomic E-state index is 5.72. The molecule has 2 atom stereocenters. The van der Waals surface area contributed by atoms with Crippen molar-refractivity contribution in [2.24, 2.45) is 5.84 Å². The largest absolute Gasteiger partial charge is 0.377 e. The number of hydrogen-bond acceptors (Lipinski definition) is 7. The van der Waals surface area contributed by atoms with Crippen molar-refractivity contribution in [2.45, 2.75) is 39.0 Å². The number of rotatable bonds is 5. The van der Waals surface area contributed by atoms with E-state index in [4.69, 9.17) is 15.3 Å². The number of morpholine rings is 1. The molecule has 1 saturated heterocycles. The lowest BCUT2D eigenvalue weighted by molar-refractivity contribution is 0.0295. The lowest BCUT2D eigenvalue weighted by Crippen LogP contribution is -2.49. The van der Waals surface area contributed by atoms with Gasteiger partial charge in [-0.15, -0.1) is 0 Å². The van der Waals surface area contributed by atoms with Gasteiger partial charge in [0.2, 0.25) is 0 Å². The summed E-state index contributed by atoms with van der Waals surface area (Å²) in [6, 6.07) is 2.18. The highest BCUT2D eigenvalue weighted by atomic mass is 16.5. The molecule has 0 spiro atoms. The molecule has 2 heterocycles. The van der Waals surface area contributed by atoms with Crippen LogP contribution >= 0.6 is 0 Å². The maximum Gasteiger partial charge on any atom is 0.158 e. The molecule has 1 aromatic heterocycles. The summed E-state index contributed by atoms with van der Waals surface area (Å²) in [6.45, 7) is 6.10. The Labute approximate surface area is 119 Å². The highest BCUT2D eigenvalue weighted by molar-refractivity contribution is 5.50. The van der Waals surface area contributed by atoms with Crippen molar-refractivity contribution in [2.75, 3.05) is 30.6 Å². The number of hydrogen-bond donors (Lipinski definition) is 2. The van der Waals surface area contributed by atoms with Gasteiger partial charge in [0.25, 0.3) is 0 Å². The van der Waals surface area contributed by atoms with Crippen molar-refractivity contribution >= 4 is 11.6 Å². The molecule has 20 heavy (non-hydrogen) atoms. The van der Waals surface area contributed by atoms with Gasteiger partial charge in [-0.05, 0) is 13.3 Å². The second-order valence-electron chi connectivity index (χ2n) is 4.96. The molecular weight excluding hydrogens is 258 g/mol. The van der Waals surface area contributed by atoms with Crippen LogP contribution in [0.15, 0.2) is 6.07 Å². The number of anilines is 2. The average Bonchev–Trinajstić information content (AvgIpc) is 2.47. The number of ether oxygens (including phenoxy) is 2. The van der Waals surface area contributed by atoms with Gasteiger partial charge in [-0.3, -0.25) is 0 Å². The third-order valence-corrected chi connectivity index (χ3v) is 3.41. The van der Waals surface area contributed by atoms with Crippen LogP contribution < -0.4 is 16.2 Å². The molecule has 2 unspecified atom stereocenters. The summed E-state index contributed by atoms with van der Waals surface area (Å²) in [4.78, 5) is 11.1. The van der Waals surface area contributed by atoms with Gasteiger partial charge in [-0.25, -0.2) is 15.8 Å². The van der Waals surface area contributed by atoms with Crippen molar-refractivity contribution in [3.05, 3.63) is 11.9 Å². The molecule has 0 aromatic carbocycles. The molecule has 2 rings (SSSR count). The minimum absolute atomic E-state index is 0.188. The van der Waals surface area contributed by atoms with E-state index in [1.165, 1.54) is 0 Å². The van der Waals surface area contributed by atoms with E-state index < -0.39 is 0 Å². The predicted octanol–water partition coefficient (Wildman–Crippen LogP) is 0.912. The molecule has 0 aliphatic carbocycles. The van der Waals surface area contributed by atoms with Gasteiger partial charge >= 0.3 is 0 Å². The zero-order valence-corrected chi connectivity index (χ0v) is 12.3. The number of nitrogens with two attached hydrogens (primary N) is 1. The van der Waals surface area contributed by atoms with Gasteiger partial charge in [0.15, 0.2) is 5.82 Å². The van der Waals surface area contributed by atoms with E-state index >= 15 is 0 Å². The lowest BCUT2D eigenvalue weighted by Gasteiger charge is -2.39. The Hall–Kier alpha value is -1.44. The summed E-state index contributed by atoms with van der Waals surface area (Å²) in [6.07, 6.45) is 1.19. The molecule has 1 aliphatic heterocycles. The normalized spacial score (nSPS) is 22.9. The van der Waals surface area contributed by atoms with E-state index in [0.29, 0.717) is 30.9 Å². The molecule has 0 saturated carbocycles. The van der Waals surface area contributed by atoms with Crippen molar-refractivity contribution in [1.29, 1.82) is 0 Å². The van der Waals surface area contributed by atoms with Crippen molar-refractivity contribution in [3.63, 3.8) is 0 Å². The molecule has 7 heteroatoms. The van der Waals surface area contributed by atoms with Crippen LogP contribution in [-0.4, -0.2) is 42.4 Å². The second-order valence-corrected chi connectivity index (χ2v) is 4.96. The first-order valence-electron chi connectivity index (χ1n) is 6.89. The molecule has 1 fully saturated rings. The zero-order chi connectivity index (χ0) is 14.5. The Balaban J connectivity index is 2.30. The molecule has 0 amide bonds. The molecule has 1 aliphatic rings. The molecule has 0 bridgehead atoms. The van der Waals surface area contributed by atoms with Crippen LogP contribution in [-0.2, 0) is 16.1 Å². The first-order chi connectivity index (χ1) is 9.67. The standard InChI is InChI=1S/C13H23N5O2/c1-4-10-7-20-9(2)6-18(10)13-5-11(17-14)15-12(16-13)8-19-3/h5,9-10H,4,6-8,14H2,1-3H3,(H,15,16,17). The highest BCUT2D eigenvalue weighted by Gasteiger charge is 2.27. The van der Waals surface area contributed by atoms with Gasteiger partial charge in [0.1, 0.15) is 18.2 Å². The van der Waals surface area contributed by atoms with Crippen LogP contribution in [0, 0.1) is 0 Å². The van der Waals surface area contributed by atoms with E-state index in [-0.39, 0.29) is 6.10 Å². The highest BCUT2D eigenvalue weighted by Crippen LogP contribution is 2.23. The van der Waals surface area contributed by atoms with E-state index in [0.717, 1.165) is 18.8 Å². The average molecular weight is 281 g/mol. The molecular formula is C13H23N5O2. The molecule has 1 aromatic rings. The predicted molar refractivity (Wildman–Crippen MR) is 77.4 cm³/mol. The monoisotopic (exact) mass is 281 g/mol. The minimum Gasteiger partial charge on any atom is -0.377 e. The van der Waals surface area contributed by atoms with E-state index in [2.05, 4.69) is 34.1 Å². The molecule has 0 radical (unpaired) electrons. The fourth-order valence-corrected chi connectivity index (χ4v) is 2.36. The van der Waals surface area contributed by atoms with E-state index in [9.17, 15) is 0 Å². The summed E-state index contributed by atoms with van der Waals surface area (Å²) >= 11 is 0. The lowest BCUT2D eigenvalue weighted by atomic mass is 10.1. The van der Waals surface area contributed by atoms with E-state index in [1.54, 1.807) is 7.11 Å². The maximum absolute atomic E-state index is 5.72. The number of nitrogens with one attached hydrogen (secondary N) is 1. The zero-order valence-electron chi connectivity index (χ0n) is 12.3. The Morgan fingerprint density at radius 2 is 2.35 bits per heavy atom. The van der Waals surface area contributed by atoms with Crippen molar-refractivity contribution in [1.82, 2.24) is 9.97 Å². The van der Waals surface area contributed by atoms with Crippen LogP contribution in [0.3, 0.4) is 0 Å². The van der Waals surface area contributed by atoms with Gasteiger partial charge < -0.3 is 19.8 Å². The van der Waals surface area contributed by atoms with Gasteiger partial charge in [0, 0.05) is 19.7 Å². The summed E-state index contributed by atoms with van der Waals surface area (Å²) in [5.74, 6) is 7.56. The topological polar surface area (TPSA) is 85.5 Å². The Kier molecular flexibility index (Phi) is 5.11. The van der Waals surface area contributed by atoms with Crippen LogP contribution in [0.5, 0.6) is 0 Å². The van der Waals surface area contributed by atoms with Gasteiger partial charge in [0.05, 0.1) is 18.8 Å². The number of nitrogens with zero attached hydrogens (tertiary/aromatic N) is 3. The Morgan fingerprint density at radius 3 is 3.00 bits per heavy atom. The van der Waals surface area contributed by atoms with Crippen molar-refractivity contribution in [3.8, 4) is 0 Å². The number of hydrazine groups is 1. The van der Waals surface area contributed by atoms with Crippen LogP contribution in [0.2, 0.25) is 0 Å². The van der Waals surface area contributed by atoms with Gasteiger partial charge in [-0.2, -0.15) is 0 Å². The van der Waals surface area contributed by atoms with Crippen LogP contribution in [0.25, 0.3) is 0 Å². The van der Waals surface area contributed by atoms with Crippen LogP contribution in [0.4, 0.5) is 11.6 Å². The first-order valence-corrected chi connectivity index (χ1v) is 6.89. The number of nitrogen functional groups attached to an aromatic ring is 1. The third kappa shape index (κ3) is 3.36. The Bertz CT molecular complexity index is 443. The summed E-state index contributed by atoms with van der Waals surface area (Å²) in [7, 11) is 1.62. The molecule has 112 valence electrons. The third-order valence-electron chi connectivity index (χ3n) is 3.41. The van der Waals surface area contributed by atoms with Gasteiger partial charge in [-0.1, -0.05) is 6.92 Å². The summed E-state index contributed by atoms with van der Waals surface area (Å²) in [5.41, 5.74) is 2.58. The molecule has 7 nitrogen and oxygen atoms in total. The minimum atomic E-state index is 0.188. The summed E-state index contributed by atoms with van der Waals surface area (Å²) < 4.78 is 10.8. The summed E-state index contributed by atoms with van der Waals surface area (Å²) in [5, 5.41) is 0. The van der Waals surface area contributed by atoms with Crippen LogP contribution in [0.1, 0.15) is 26.1 Å². The smallest absolute Gasteiger partial charge is 0.158 e.